The molecule has 0 unspecified atom stereocenters. The molecule has 0 fully saturated rings. The summed E-state index contributed by atoms with van der Waals surface area (Å²) in [7, 11) is 1.85. The van der Waals surface area contributed by atoms with Gasteiger partial charge in [0.1, 0.15) is 0 Å². The summed E-state index contributed by atoms with van der Waals surface area (Å²) in [4.78, 5) is 0. The molecule has 1 aromatic rings. The summed E-state index contributed by atoms with van der Waals surface area (Å²) in [6.07, 6.45) is 0. The average Bonchev–Trinajstić information content (AvgIpc) is 1.96. The van der Waals surface area contributed by atoms with Crippen LogP contribution >= 0.6 is 0 Å². The Hall–Kier alpha value is -1.38. The second-order valence-electron chi connectivity index (χ2n) is 2.53. The van der Waals surface area contributed by atoms with Gasteiger partial charge in [0.2, 0.25) is 0 Å². The lowest BCUT2D eigenvalue weighted by Gasteiger charge is -2.08. The van der Waals surface area contributed by atoms with E-state index in [1.807, 2.05) is 20.0 Å². The Bertz CT molecular complexity index is 268. The highest BCUT2D eigenvalue weighted by Crippen LogP contribution is 2.23. The van der Waals surface area contributed by atoms with Crippen LogP contribution in [0.2, 0.25) is 0 Å². The van der Waals surface area contributed by atoms with Crippen LogP contribution in [0.5, 0.6) is 0 Å². The van der Waals surface area contributed by atoms with Gasteiger partial charge in [-0.2, -0.15) is 0 Å². The van der Waals surface area contributed by atoms with Crippen LogP contribution in [0.1, 0.15) is 5.56 Å². The van der Waals surface area contributed by atoms with Gasteiger partial charge in [-0.1, -0.05) is 0 Å². The van der Waals surface area contributed by atoms with E-state index >= 15 is 0 Å². The van der Waals surface area contributed by atoms with Gasteiger partial charge in [-0.15, -0.1) is 0 Å². The Morgan fingerprint density at radius 1 is 1.27 bits per heavy atom. The minimum Gasteiger partial charge on any atom is -0.399 e. The normalized spacial score (nSPS) is 9.64. The van der Waals surface area contributed by atoms with E-state index in [4.69, 9.17) is 11.5 Å². The fourth-order valence-corrected chi connectivity index (χ4v) is 1.02. The van der Waals surface area contributed by atoms with E-state index in [-0.39, 0.29) is 0 Å². The third kappa shape index (κ3) is 1.37. The Balaban J connectivity index is 3.24. The maximum atomic E-state index is 5.68. The fourth-order valence-electron chi connectivity index (χ4n) is 1.02. The van der Waals surface area contributed by atoms with Crippen LogP contribution in [0, 0.1) is 6.92 Å². The molecule has 0 spiro atoms. The molecule has 0 saturated carbocycles. The van der Waals surface area contributed by atoms with Crippen LogP contribution in [0.15, 0.2) is 12.1 Å². The first-order valence-corrected chi connectivity index (χ1v) is 3.48. The summed E-state index contributed by atoms with van der Waals surface area (Å²) in [6.45, 7) is 1.96. The summed E-state index contributed by atoms with van der Waals surface area (Å²) in [6, 6.07) is 3.63. The van der Waals surface area contributed by atoms with Crippen molar-refractivity contribution in [3.8, 4) is 0 Å². The number of benzene rings is 1. The molecule has 0 aliphatic heterocycles. The molecule has 3 heteroatoms. The molecule has 11 heavy (non-hydrogen) atoms. The van der Waals surface area contributed by atoms with Crippen molar-refractivity contribution in [2.24, 2.45) is 0 Å². The smallest absolute Gasteiger partial charge is 0.0408 e. The Kier molecular flexibility index (Phi) is 1.89. The number of nitrogens with two attached hydrogens (primary N) is 2. The minimum absolute atomic E-state index is 0.692. The molecule has 5 N–H and O–H groups in total. The number of nitrogen functional groups attached to an aromatic ring is 2. The van der Waals surface area contributed by atoms with Crippen LogP contribution in [0.25, 0.3) is 0 Å². The predicted octanol–water partition coefficient (Wildman–Crippen LogP) is 1.20. The molecule has 1 aromatic carbocycles. The van der Waals surface area contributed by atoms with Crippen LogP contribution < -0.4 is 16.8 Å². The molecule has 0 bridgehead atoms. The van der Waals surface area contributed by atoms with Gasteiger partial charge in [0.25, 0.3) is 0 Å². The van der Waals surface area contributed by atoms with Gasteiger partial charge >= 0.3 is 0 Å². The number of anilines is 3. The van der Waals surface area contributed by atoms with Gasteiger partial charge in [-0.3, -0.25) is 0 Å². The molecular formula is C8H13N3. The number of hydrogen-bond acceptors (Lipinski definition) is 3. The first kappa shape index (κ1) is 7.72. The van der Waals surface area contributed by atoms with E-state index in [1.165, 1.54) is 0 Å². The molecule has 0 aliphatic carbocycles. The molecule has 0 atom stereocenters. The summed E-state index contributed by atoms with van der Waals surface area (Å²) in [5, 5.41) is 3.02. The van der Waals surface area contributed by atoms with Crippen molar-refractivity contribution in [1.82, 2.24) is 0 Å². The van der Waals surface area contributed by atoms with E-state index in [0.29, 0.717) is 5.69 Å². The van der Waals surface area contributed by atoms with E-state index < -0.39 is 0 Å². The van der Waals surface area contributed by atoms with Gasteiger partial charge in [0.05, 0.1) is 0 Å². The maximum Gasteiger partial charge on any atom is 0.0408 e. The van der Waals surface area contributed by atoms with E-state index in [1.54, 1.807) is 6.07 Å². The number of hydrogen-bond donors (Lipinski definition) is 3. The Morgan fingerprint density at radius 3 is 2.45 bits per heavy atom. The summed E-state index contributed by atoms with van der Waals surface area (Å²) >= 11 is 0. The molecule has 0 amide bonds. The lowest BCUT2D eigenvalue weighted by atomic mass is 10.1. The van der Waals surface area contributed by atoms with Crippen molar-refractivity contribution in [3.63, 3.8) is 0 Å². The van der Waals surface area contributed by atoms with Crippen LogP contribution in [-0.4, -0.2) is 7.05 Å². The second kappa shape index (κ2) is 2.70. The largest absolute Gasteiger partial charge is 0.399 e. The topological polar surface area (TPSA) is 64.1 Å². The molecule has 0 heterocycles. The fraction of sp³-hybridized carbons (Fsp3) is 0.250. The zero-order chi connectivity index (χ0) is 8.43. The van der Waals surface area contributed by atoms with Crippen molar-refractivity contribution in [2.75, 3.05) is 23.8 Å². The molecule has 0 aromatic heterocycles. The summed E-state index contributed by atoms with van der Waals surface area (Å²) in [5.41, 5.74) is 14.7. The van der Waals surface area contributed by atoms with E-state index in [0.717, 1.165) is 16.9 Å². The Labute approximate surface area is 66.4 Å². The molecule has 0 radical (unpaired) electrons. The molecule has 3 nitrogen and oxygen atoms in total. The van der Waals surface area contributed by atoms with Crippen LogP contribution in [0.3, 0.4) is 0 Å². The third-order valence-electron chi connectivity index (χ3n) is 1.74. The van der Waals surface area contributed by atoms with Crippen molar-refractivity contribution >= 4 is 17.1 Å². The van der Waals surface area contributed by atoms with Gasteiger partial charge in [-0.05, 0) is 24.6 Å². The highest BCUT2D eigenvalue weighted by Gasteiger charge is 2.00. The molecule has 0 saturated heterocycles. The summed E-state index contributed by atoms with van der Waals surface area (Å²) < 4.78 is 0. The zero-order valence-corrected chi connectivity index (χ0v) is 6.81. The lowest BCUT2D eigenvalue weighted by molar-refractivity contribution is 1.41. The van der Waals surface area contributed by atoms with Gasteiger partial charge in [-0.25, -0.2) is 0 Å². The van der Waals surface area contributed by atoms with Crippen molar-refractivity contribution in [1.29, 1.82) is 0 Å². The van der Waals surface area contributed by atoms with E-state index in [2.05, 4.69) is 5.32 Å². The zero-order valence-electron chi connectivity index (χ0n) is 6.81. The first-order chi connectivity index (χ1) is 5.15. The van der Waals surface area contributed by atoms with Crippen LogP contribution in [0.4, 0.5) is 17.1 Å². The minimum atomic E-state index is 0.692. The number of nitrogens with one attached hydrogen (secondary N) is 1. The first-order valence-electron chi connectivity index (χ1n) is 3.48. The van der Waals surface area contributed by atoms with Crippen LogP contribution in [-0.2, 0) is 0 Å². The predicted molar refractivity (Wildman–Crippen MR) is 49.6 cm³/mol. The standard InChI is InChI=1S/C8H13N3/c1-5-7(10)3-6(9)4-8(5)11-2/h3-4,11H,9-10H2,1-2H3. The monoisotopic (exact) mass is 151 g/mol. The maximum absolute atomic E-state index is 5.68. The van der Waals surface area contributed by atoms with Gasteiger partial charge in [0, 0.05) is 24.1 Å². The van der Waals surface area contributed by atoms with Gasteiger partial charge in [0.15, 0.2) is 0 Å². The average molecular weight is 151 g/mol. The molecule has 0 aliphatic rings. The SMILES string of the molecule is CNc1cc(N)cc(N)c1C. The Morgan fingerprint density at radius 2 is 1.91 bits per heavy atom. The van der Waals surface area contributed by atoms with Crippen molar-refractivity contribution < 1.29 is 0 Å². The van der Waals surface area contributed by atoms with Crippen molar-refractivity contribution in [3.05, 3.63) is 17.7 Å². The van der Waals surface area contributed by atoms with E-state index in [9.17, 15) is 0 Å². The third-order valence-corrected chi connectivity index (χ3v) is 1.74. The second-order valence-corrected chi connectivity index (χ2v) is 2.53. The highest BCUT2D eigenvalue weighted by atomic mass is 14.8. The number of rotatable bonds is 1. The highest BCUT2D eigenvalue weighted by molar-refractivity contribution is 5.69. The summed E-state index contributed by atoms with van der Waals surface area (Å²) in [5.74, 6) is 0. The molecule has 1 rings (SSSR count). The molecular weight excluding hydrogens is 138 g/mol. The lowest BCUT2D eigenvalue weighted by Crippen LogP contribution is -1.98. The van der Waals surface area contributed by atoms with Crippen molar-refractivity contribution in [2.45, 2.75) is 6.92 Å². The quantitative estimate of drug-likeness (QED) is 0.528. The molecule has 60 valence electrons. The van der Waals surface area contributed by atoms with Gasteiger partial charge < -0.3 is 16.8 Å².